The summed E-state index contributed by atoms with van der Waals surface area (Å²) >= 11 is 0. The molecule has 3 fully saturated rings. The maximum Gasteiger partial charge on any atom is 0.229 e. The fraction of sp³-hybridized carbons (Fsp3) is 0.882. The van der Waals surface area contributed by atoms with Crippen LogP contribution in [0.4, 0.5) is 0 Å². The van der Waals surface area contributed by atoms with E-state index in [1.54, 1.807) is 4.90 Å². The fourth-order valence-corrected chi connectivity index (χ4v) is 4.30. The van der Waals surface area contributed by atoms with Gasteiger partial charge in [-0.15, -0.1) is 0 Å². The Morgan fingerprint density at radius 1 is 0.909 bits per heavy atom. The van der Waals surface area contributed by atoms with Crippen molar-refractivity contribution in [2.75, 3.05) is 39.3 Å². The first-order chi connectivity index (χ1) is 10.7. The van der Waals surface area contributed by atoms with Crippen molar-refractivity contribution in [1.29, 1.82) is 0 Å². The van der Waals surface area contributed by atoms with E-state index in [2.05, 4.69) is 10.2 Å². The van der Waals surface area contributed by atoms with Gasteiger partial charge in [0.1, 0.15) is 0 Å². The highest BCUT2D eigenvalue weighted by Gasteiger charge is 2.44. The first-order valence-electron chi connectivity index (χ1n) is 8.95. The van der Waals surface area contributed by atoms with Crippen LogP contribution in [-0.2, 0) is 9.59 Å². The number of likely N-dealkylation sites (tertiary alicyclic amines) is 1. The second-order valence-corrected chi connectivity index (χ2v) is 7.30. The van der Waals surface area contributed by atoms with Crippen LogP contribution in [-0.4, -0.2) is 60.9 Å². The number of amides is 2. The summed E-state index contributed by atoms with van der Waals surface area (Å²) in [5, 5.41) is 3.35. The van der Waals surface area contributed by atoms with E-state index in [-0.39, 0.29) is 17.2 Å². The lowest BCUT2D eigenvalue weighted by atomic mass is 9.76. The molecule has 1 saturated carbocycles. The van der Waals surface area contributed by atoms with E-state index in [9.17, 15) is 9.59 Å². The van der Waals surface area contributed by atoms with E-state index in [1.807, 2.05) is 0 Å². The number of piperidine rings is 1. The molecule has 124 valence electrons. The summed E-state index contributed by atoms with van der Waals surface area (Å²) in [6.45, 7) is 6.09. The number of piperazine rings is 1. The van der Waals surface area contributed by atoms with Gasteiger partial charge in [-0.05, 0) is 37.6 Å². The monoisotopic (exact) mass is 307 g/mol. The Morgan fingerprint density at radius 2 is 1.50 bits per heavy atom. The molecular weight excluding hydrogens is 278 g/mol. The van der Waals surface area contributed by atoms with Gasteiger partial charge in [0.25, 0.3) is 0 Å². The molecule has 2 amide bonds. The van der Waals surface area contributed by atoms with Gasteiger partial charge in [0.15, 0.2) is 0 Å². The number of rotatable bonds is 5. The van der Waals surface area contributed by atoms with Gasteiger partial charge < -0.3 is 10.2 Å². The van der Waals surface area contributed by atoms with Crippen molar-refractivity contribution in [3.8, 4) is 0 Å². The fourth-order valence-electron chi connectivity index (χ4n) is 4.30. The minimum Gasteiger partial charge on any atom is -0.314 e. The predicted octanol–water partition coefficient (Wildman–Crippen LogP) is 1.38. The molecule has 3 aliphatic rings. The maximum atomic E-state index is 12.3. The molecular formula is C17H29N3O2. The Balaban J connectivity index is 1.40. The third kappa shape index (κ3) is 3.69. The third-order valence-corrected chi connectivity index (χ3v) is 5.63. The summed E-state index contributed by atoms with van der Waals surface area (Å²) in [4.78, 5) is 28.7. The molecule has 5 heteroatoms. The topological polar surface area (TPSA) is 52.7 Å². The van der Waals surface area contributed by atoms with Crippen molar-refractivity contribution < 1.29 is 9.59 Å². The Labute approximate surface area is 133 Å². The van der Waals surface area contributed by atoms with Gasteiger partial charge >= 0.3 is 0 Å². The van der Waals surface area contributed by atoms with Gasteiger partial charge in [-0.3, -0.25) is 14.5 Å². The average molecular weight is 307 g/mol. The highest BCUT2D eigenvalue weighted by Crippen LogP contribution is 2.46. The van der Waals surface area contributed by atoms with Crippen LogP contribution in [0.25, 0.3) is 0 Å². The number of nitrogens with one attached hydrogen (secondary N) is 1. The van der Waals surface area contributed by atoms with Crippen molar-refractivity contribution in [3.05, 3.63) is 0 Å². The second-order valence-electron chi connectivity index (χ2n) is 7.30. The van der Waals surface area contributed by atoms with Crippen molar-refractivity contribution in [2.45, 2.75) is 51.4 Å². The Hall–Kier alpha value is -0.940. The molecule has 2 heterocycles. The molecule has 0 radical (unpaired) electrons. The minimum absolute atomic E-state index is 0.0332. The predicted molar refractivity (Wildman–Crippen MR) is 85.4 cm³/mol. The van der Waals surface area contributed by atoms with Gasteiger partial charge in [-0.1, -0.05) is 12.8 Å². The summed E-state index contributed by atoms with van der Waals surface area (Å²) in [5.41, 5.74) is 0.0332. The Bertz CT molecular complexity index is 392. The molecule has 0 aromatic carbocycles. The average Bonchev–Trinajstić information content (AvgIpc) is 2.94. The first-order valence-corrected chi connectivity index (χ1v) is 8.95. The normalized spacial score (nSPS) is 26.1. The van der Waals surface area contributed by atoms with Crippen molar-refractivity contribution in [2.24, 2.45) is 5.41 Å². The smallest absolute Gasteiger partial charge is 0.229 e. The molecule has 5 nitrogen and oxygen atoms in total. The van der Waals surface area contributed by atoms with Gasteiger partial charge in [-0.2, -0.15) is 0 Å². The maximum absolute atomic E-state index is 12.3. The summed E-state index contributed by atoms with van der Waals surface area (Å²) in [6.07, 6.45) is 7.74. The van der Waals surface area contributed by atoms with Crippen LogP contribution in [0.2, 0.25) is 0 Å². The number of hydrogen-bond donors (Lipinski definition) is 1. The Morgan fingerprint density at radius 3 is 2.14 bits per heavy atom. The van der Waals surface area contributed by atoms with Crippen LogP contribution >= 0.6 is 0 Å². The lowest BCUT2D eigenvalue weighted by Gasteiger charge is -2.37. The van der Waals surface area contributed by atoms with Crippen LogP contribution in [0.15, 0.2) is 0 Å². The van der Waals surface area contributed by atoms with E-state index >= 15 is 0 Å². The van der Waals surface area contributed by atoms with E-state index in [0.717, 1.165) is 58.4 Å². The van der Waals surface area contributed by atoms with Crippen molar-refractivity contribution in [1.82, 2.24) is 15.1 Å². The quantitative estimate of drug-likeness (QED) is 0.616. The largest absolute Gasteiger partial charge is 0.314 e. The van der Waals surface area contributed by atoms with Gasteiger partial charge in [0.2, 0.25) is 11.8 Å². The van der Waals surface area contributed by atoms with E-state index in [4.69, 9.17) is 0 Å². The number of nitrogens with zero attached hydrogens (tertiary/aromatic N) is 2. The van der Waals surface area contributed by atoms with Gasteiger partial charge in [0, 0.05) is 45.6 Å². The molecule has 0 aromatic heterocycles. The molecule has 2 saturated heterocycles. The number of carbonyl (C=O) groups is 2. The number of imide groups is 1. The van der Waals surface area contributed by atoms with Gasteiger partial charge in [0.05, 0.1) is 0 Å². The number of carbonyl (C=O) groups excluding carboxylic acids is 2. The van der Waals surface area contributed by atoms with E-state index < -0.39 is 0 Å². The molecule has 0 aromatic rings. The molecule has 1 aliphatic carbocycles. The van der Waals surface area contributed by atoms with Crippen LogP contribution in [0, 0.1) is 5.41 Å². The zero-order valence-electron chi connectivity index (χ0n) is 13.6. The molecule has 1 spiro atoms. The van der Waals surface area contributed by atoms with Gasteiger partial charge in [-0.25, -0.2) is 0 Å². The highest BCUT2D eigenvalue weighted by molar-refractivity contribution is 5.98. The Kier molecular flexibility index (Phi) is 5.14. The molecule has 2 aliphatic heterocycles. The lowest BCUT2D eigenvalue weighted by molar-refractivity contribution is -0.153. The number of hydrogen-bond acceptors (Lipinski definition) is 4. The molecule has 0 unspecified atom stereocenters. The summed E-state index contributed by atoms with van der Waals surface area (Å²) in [7, 11) is 0. The minimum atomic E-state index is 0.0332. The highest BCUT2D eigenvalue weighted by atomic mass is 16.2. The van der Waals surface area contributed by atoms with E-state index in [0.29, 0.717) is 19.4 Å². The molecule has 0 atom stereocenters. The van der Waals surface area contributed by atoms with Crippen LogP contribution in [0.1, 0.15) is 51.4 Å². The van der Waals surface area contributed by atoms with Crippen LogP contribution in [0.3, 0.4) is 0 Å². The summed E-state index contributed by atoms with van der Waals surface area (Å²) in [5.74, 6) is 0.167. The molecule has 22 heavy (non-hydrogen) atoms. The summed E-state index contributed by atoms with van der Waals surface area (Å²) in [6, 6.07) is 0. The standard InChI is InChI=1S/C17H29N3O2/c21-15-13-17(5-1-2-6-17)14-16(22)20(15)10-4-3-9-19-11-7-18-8-12-19/h18H,1-14H2. The van der Waals surface area contributed by atoms with E-state index in [1.165, 1.54) is 12.8 Å². The zero-order chi connectivity index (χ0) is 15.4. The van der Waals surface area contributed by atoms with Crippen molar-refractivity contribution >= 4 is 11.8 Å². The van der Waals surface area contributed by atoms with Crippen molar-refractivity contribution in [3.63, 3.8) is 0 Å². The first kappa shape index (κ1) is 15.9. The number of unbranched alkanes of at least 4 members (excludes halogenated alkanes) is 1. The third-order valence-electron chi connectivity index (χ3n) is 5.63. The summed E-state index contributed by atoms with van der Waals surface area (Å²) < 4.78 is 0. The van der Waals surface area contributed by atoms with Crippen LogP contribution in [0.5, 0.6) is 0 Å². The SMILES string of the molecule is O=C1CC2(CCCC2)CC(=O)N1CCCCN1CCNCC1. The second kappa shape index (κ2) is 7.09. The molecule has 1 N–H and O–H groups in total. The lowest BCUT2D eigenvalue weighted by Crippen LogP contribution is -2.47. The molecule has 3 rings (SSSR count). The zero-order valence-corrected chi connectivity index (χ0v) is 13.6. The van der Waals surface area contributed by atoms with Crippen LogP contribution < -0.4 is 5.32 Å². The molecule has 0 bridgehead atoms.